The summed E-state index contributed by atoms with van der Waals surface area (Å²) in [4.78, 5) is 10.3. The summed E-state index contributed by atoms with van der Waals surface area (Å²) in [7, 11) is 0. The summed E-state index contributed by atoms with van der Waals surface area (Å²) in [6, 6.07) is 0. The number of aryl methyl sites for hydroxylation is 1. The summed E-state index contributed by atoms with van der Waals surface area (Å²) in [5.41, 5.74) is 0. The zero-order valence-corrected chi connectivity index (χ0v) is 31.0. The molecule has 0 aliphatic heterocycles. The summed E-state index contributed by atoms with van der Waals surface area (Å²) >= 11 is 0. The van der Waals surface area contributed by atoms with Crippen molar-refractivity contribution < 1.29 is 38.5 Å². The molecule has 4 nitrogen and oxygen atoms in total. The number of hydrogen-bond donors (Lipinski definition) is 1. The van der Waals surface area contributed by atoms with Gasteiger partial charge in [0.25, 0.3) is 0 Å². The SMILES string of the molecule is CCCCCCCCCCCCCCCCCC(=O)O.CCCCCCCCCCCCCCCCC[c-]1oo1.[Zn]. The van der Waals surface area contributed by atoms with E-state index in [1.54, 1.807) is 0 Å². The van der Waals surface area contributed by atoms with Crippen LogP contribution in [0.3, 0.4) is 0 Å². The maximum atomic E-state index is 10.3. The number of carboxylic acid groups (broad SMARTS) is 1. The first kappa shape index (κ1) is 42.7. The number of carbonyl (C=O) groups is 1. The molecule has 0 bridgehead atoms. The van der Waals surface area contributed by atoms with E-state index < -0.39 is 5.97 Å². The van der Waals surface area contributed by atoms with Gasteiger partial charge in [0.15, 0.2) is 0 Å². The molecule has 0 fully saturated rings. The van der Waals surface area contributed by atoms with Gasteiger partial charge in [-0.1, -0.05) is 206 Å². The normalized spacial score (nSPS) is 10.9. The van der Waals surface area contributed by atoms with Gasteiger partial charge < -0.3 is 14.3 Å². The summed E-state index contributed by atoms with van der Waals surface area (Å²) < 4.78 is 9.29. The van der Waals surface area contributed by atoms with Gasteiger partial charge in [-0.3, -0.25) is 4.79 Å². The van der Waals surface area contributed by atoms with Gasteiger partial charge >= 0.3 is 5.97 Å². The molecule has 41 heavy (non-hydrogen) atoms. The topological polar surface area (TPSA) is 63.6 Å². The number of hydrogen-bond acceptors (Lipinski definition) is 3. The predicted octanol–water partition coefficient (Wildman–Crippen LogP) is 13.3. The van der Waals surface area contributed by atoms with Crippen LogP contribution in [-0.2, 0) is 30.7 Å². The standard InChI is InChI=1S/C18H35O2.C18H36O2.Zn/c1-2-3-4-5-6-7-8-9-10-11-12-13-14-15-16-17-18-19-20-18;1-2-3-4-5-6-7-8-9-10-11-12-13-14-15-16-17-18(19)20;/h2-17H2,1H3;2-17H2,1H3,(H,19,20);/q-1;;. The second kappa shape index (κ2) is 37.6. The van der Waals surface area contributed by atoms with Crippen LogP contribution in [0.1, 0.15) is 219 Å². The minimum atomic E-state index is -0.653. The van der Waals surface area contributed by atoms with Crippen molar-refractivity contribution in [2.45, 2.75) is 219 Å². The van der Waals surface area contributed by atoms with Gasteiger partial charge in [-0.05, 0) is 6.42 Å². The van der Waals surface area contributed by atoms with Crippen LogP contribution in [0, 0.1) is 0 Å². The molecule has 0 amide bonds. The molecule has 0 aliphatic rings. The molecule has 1 heterocycles. The van der Waals surface area contributed by atoms with E-state index in [9.17, 15) is 4.79 Å². The monoisotopic (exact) mass is 631 g/mol. The molecular weight excluding hydrogens is 562 g/mol. The Hall–Kier alpha value is -0.437. The van der Waals surface area contributed by atoms with Crippen LogP contribution in [0.25, 0.3) is 0 Å². The molecular formula is C36H71O4Zn-. The van der Waals surface area contributed by atoms with Crippen LogP contribution in [0.15, 0.2) is 9.15 Å². The Labute approximate surface area is 269 Å². The summed E-state index contributed by atoms with van der Waals surface area (Å²) in [5, 5.41) is 8.52. The van der Waals surface area contributed by atoms with Gasteiger partial charge in [-0.2, -0.15) is 0 Å². The van der Waals surface area contributed by atoms with Gasteiger partial charge in [0, 0.05) is 31.9 Å². The first-order valence-corrected chi connectivity index (χ1v) is 18.1. The van der Waals surface area contributed by atoms with E-state index in [1.165, 1.54) is 180 Å². The van der Waals surface area contributed by atoms with Crippen molar-refractivity contribution in [3.05, 3.63) is 5.96 Å². The van der Waals surface area contributed by atoms with Gasteiger partial charge in [0.05, 0.1) is 0 Å². The third kappa shape index (κ3) is 41.8. The molecule has 242 valence electrons. The molecule has 0 radical (unpaired) electrons. The third-order valence-corrected chi connectivity index (χ3v) is 8.18. The molecule has 0 saturated carbocycles. The zero-order chi connectivity index (χ0) is 29.2. The van der Waals surface area contributed by atoms with Crippen molar-refractivity contribution in [2.24, 2.45) is 0 Å². The molecule has 0 atom stereocenters. The van der Waals surface area contributed by atoms with Crippen molar-refractivity contribution in [2.75, 3.05) is 0 Å². The Morgan fingerprint density at radius 2 is 0.683 bits per heavy atom. The fourth-order valence-electron chi connectivity index (χ4n) is 5.40. The van der Waals surface area contributed by atoms with E-state index in [0.717, 1.165) is 25.2 Å². The number of rotatable bonds is 32. The van der Waals surface area contributed by atoms with Crippen molar-refractivity contribution in [1.29, 1.82) is 0 Å². The van der Waals surface area contributed by atoms with Crippen molar-refractivity contribution >= 4 is 5.97 Å². The third-order valence-electron chi connectivity index (χ3n) is 8.18. The molecule has 0 unspecified atom stereocenters. The van der Waals surface area contributed by atoms with Gasteiger partial charge in [0.1, 0.15) is 0 Å². The van der Waals surface area contributed by atoms with E-state index in [0.29, 0.717) is 6.42 Å². The number of carboxylic acids is 1. The minimum absolute atomic E-state index is 0. The fraction of sp³-hybridized carbons (Fsp3) is 0.944. The zero-order valence-electron chi connectivity index (χ0n) is 28.0. The Balaban J connectivity index is 0. The quantitative estimate of drug-likeness (QED) is 0.0371. The second-order valence-corrected chi connectivity index (χ2v) is 12.3. The van der Waals surface area contributed by atoms with E-state index in [4.69, 9.17) is 5.11 Å². The maximum Gasteiger partial charge on any atom is 0.303 e. The Morgan fingerprint density at radius 3 is 0.927 bits per heavy atom. The average Bonchev–Trinajstić information content (AvgIpc) is 3.78. The van der Waals surface area contributed by atoms with E-state index >= 15 is 0 Å². The van der Waals surface area contributed by atoms with Crippen LogP contribution in [0.5, 0.6) is 0 Å². The Kier molecular flexibility index (Phi) is 39.1. The molecule has 0 spiro atoms. The molecule has 5 heteroatoms. The smallest absolute Gasteiger partial charge is 0.303 e. The molecule has 1 aromatic rings. The average molecular weight is 633 g/mol. The van der Waals surface area contributed by atoms with Crippen LogP contribution in [0.2, 0.25) is 0 Å². The molecule has 1 aromatic heterocycles. The van der Waals surface area contributed by atoms with Crippen LogP contribution in [-0.4, -0.2) is 11.1 Å². The van der Waals surface area contributed by atoms with E-state index in [1.807, 2.05) is 0 Å². The summed E-state index contributed by atoms with van der Waals surface area (Å²) in [5.74, 6) is 0.194. The largest absolute Gasteiger partial charge is 0.481 e. The van der Waals surface area contributed by atoms with Crippen molar-refractivity contribution in [3.63, 3.8) is 0 Å². The van der Waals surface area contributed by atoms with Gasteiger partial charge in [-0.25, -0.2) is 0 Å². The fourth-order valence-corrected chi connectivity index (χ4v) is 5.40. The molecule has 0 aliphatic carbocycles. The van der Waals surface area contributed by atoms with Crippen LogP contribution >= 0.6 is 0 Å². The van der Waals surface area contributed by atoms with Crippen LogP contribution in [0.4, 0.5) is 0 Å². The predicted molar refractivity (Wildman–Crippen MR) is 172 cm³/mol. The molecule has 1 N–H and O–H groups in total. The van der Waals surface area contributed by atoms with Gasteiger partial charge in [0.2, 0.25) is 0 Å². The first-order chi connectivity index (χ1) is 19.7. The Morgan fingerprint density at radius 1 is 0.439 bits per heavy atom. The number of aliphatic carboxylic acids is 1. The van der Waals surface area contributed by atoms with Gasteiger partial charge in [-0.15, -0.1) is 0 Å². The first-order valence-electron chi connectivity index (χ1n) is 18.1. The van der Waals surface area contributed by atoms with Crippen LogP contribution < -0.4 is 0 Å². The minimum Gasteiger partial charge on any atom is -0.481 e. The summed E-state index contributed by atoms with van der Waals surface area (Å²) in [6.07, 6.45) is 42.4. The molecule has 0 saturated heterocycles. The summed E-state index contributed by atoms with van der Waals surface area (Å²) in [6.45, 7) is 4.56. The Bertz CT molecular complexity index is 554. The van der Waals surface area contributed by atoms with E-state index in [2.05, 4.69) is 23.0 Å². The second-order valence-electron chi connectivity index (χ2n) is 12.3. The van der Waals surface area contributed by atoms with Crippen molar-refractivity contribution in [1.82, 2.24) is 0 Å². The maximum absolute atomic E-state index is 10.3. The van der Waals surface area contributed by atoms with E-state index in [-0.39, 0.29) is 19.5 Å². The molecule has 1 rings (SSSR count). The number of unbranched alkanes of at least 4 members (excludes halogenated alkanes) is 28. The molecule has 0 aromatic carbocycles. The van der Waals surface area contributed by atoms with Crippen molar-refractivity contribution in [3.8, 4) is 0 Å².